The lowest BCUT2D eigenvalue weighted by Crippen LogP contribution is -2.45. The predicted molar refractivity (Wildman–Crippen MR) is 100 cm³/mol. The van der Waals surface area contributed by atoms with Crippen LogP contribution in [-0.2, 0) is 24.3 Å². The highest BCUT2D eigenvalue weighted by Crippen LogP contribution is 2.13. The number of aryl methyl sites for hydroxylation is 1. The maximum absolute atomic E-state index is 11.0. The lowest BCUT2D eigenvalue weighted by atomic mass is 10.1. The molecular weight excluding hydrogens is 312 g/mol. The van der Waals surface area contributed by atoms with Crippen molar-refractivity contribution < 1.29 is 14.5 Å². The Labute approximate surface area is 154 Å². The van der Waals surface area contributed by atoms with Gasteiger partial charge >= 0.3 is 0 Å². The Morgan fingerprint density at radius 3 is 2.04 bits per heavy atom. The van der Waals surface area contributed by atoms with Crippen molar-refractivity contribution in [2.24, 2.45) is 0 Å². The number of carboxylic acids is 1. The summed E-state index contributed by atoms with van der Waals surface area (Å²) in [6.07, 6.45) is 17.2. The van der Waals surface area contributed by atoms with E-state index in [2.05, 4.69) is 25.3 Å². The first-order valence-electron chi connectivity index (χ1n) is 10.4. The Morgan fingerprint density at radius 1 is 0.960 bits per heavy atom. The molecule has 0 saturated carbocycles. The Balaban J connectivity index is 2.34. The summed E-state index contributed by atoms with van der Waals surface area (Å²) < 4.78 is 4.14. The Hall–Kier alpha value is -1.32. The number of carboxylic acid groups (broad SMARTS) is 1. The third-order valence-electron chi connectivity index (χ3n) is 4.91. The number of unbranched alkanes of at least 4 members (excludes halogenated alkanes) is 9. The van der Waals surface area contributed by atoms with Gasteiger partial charge in [0.2, 0.25) is 0 Å². The zero-order chi connectivity index (χ0) is 18.5. The molecule has 1 aromatic rings. The fourth-order valence-corrected chi connectivity index (χ4v) is 3.58. The van der Waals surface area contributed by atoms with Crippen molar-refractivity contribution in [3.63, 3.8) is 0 Å². The van der Waals surface area contributed by atoms with E-state index in [4.69, 9.17) is 0 Å². The second-order valence-electron chi connectivity index (χ2n) is 7.27. The summed E-state index contributed by atoms with van der Waals surface area (Å²) in [7, 11) is 0. The molecule has 0 aliphatic carbocycles. The molecule has 4 heteroatoms. The van der Waals surface area contributed by atoms with Crippen molar-refractivity contribution in [1.82, 2.24) is 4.57 Å². The SMILES string of the molecule is CCCCCCCCCCCCc1n(CCC)c(C)c[n+]1CC(=O)[O-]. The summed E-state index contributed by atoms with van der Waals surface area (Å²) in [5.74, 6) is 0.131. The van der Waals surface area contributed by atoms with E-state index >= 15 is 0 Å². The Bertz CT molecular complexity index is 494. The van der Waals surface area contributed by atoms with Crippen LogP contribution in [-0.4, -0.2) is 10.5 Å². The smallest absolute Gasteiger partial charge is 0.256 e. The molecule has 0 radical (unpaired) electrons. The first-order chi connectivity index (χ1) is 12.1. The van der Waals surface area contributed by atoms with E-state index in [1.165, 1.54) is 57.8 Å². The number of carbonyl (C=O) groups is 1. The topological polar surface area (TPSA) is 48.9 Å². The van der Waals surface area contributed by atoms with Gasteiger partial charge in [0.1, 0.15) is 18.4 Å². The van der Waals surface area contributed by atoms with Crippen LogP contribution in [0.3, 0.4) is 0 Å². The lowest BCUT2D eigenvalue weighted by Gasteiger charge is -2.06. The van der Waals surface area contributed by atoms with E-state index in [-0.39, 0.29) is 6.54 Å². The van der Waals surface area contributed by atoms with E-state index in [0.717, 1.165) is 37.3 Å². The second kappa shape index (κ2) is 13.0. The molecule has 0 amide bonds. The standard InChI is InChI=1S/C21H38N2O2/c1-4-6-7-8-9-10-11-12-13-14-15-20-22(18-21(24)25)17-19(3)23(20)16-5-2/h17H,4-16,18H2,1-3H3. The van der Waals surface area contributed by atoms with Crippen LogP contribution in [0.1, 0.15) is 96.0 Å². The number of rotatable bonds is 15. The Morgan fingerprint density at radius 2 is 1.52 bits per heavy atom. The van der Waals surface area contributed by atoms with Gasteiger partial charge in [-0.25, -0.2) is 9.13 Å². The summed E-state index contributed by atoms with van der Waals surface area (Å²) in [4.78, 5) is 11.0. The van der Waals surface area contributed by atoms with Gasteiger partial charge < -0.3 is 9.90 Å². The highest BCUT2D eigenvalue weighted by molar-refractivity contribution is 5.62. The average molecular weight is 351 g/mol. The molecule has 0 atom stereocenters. The summed E-state index contributed by atoms with van der Waals surface area (Å²) in [5, 5.41) is 11.0. The van der Waals surface area contributed by atoms with Gasteiger partial charge in [0.25, 0.3) is 5.82 Å². The molecule has 0 N–H and O–H groups in total. The van der Waals surface area contributed by atoms with Crippen LogP contribution < -0.4 is 9.67 Å². The molecule has 0 aromatic carbocycles. The maximum Gasteiger partial charge on any atom is 0.256 e. The van der Waals surface area contributed by atoms with Gasteiger partial charge in [0.05, 0.1) is 12.5 Å². The van der Waals surface area contributed by atoms with Crippen LogP contribution in [0.2, 0.25) is 0 Å². The molecule has 0 aliphatic heterocycles. The second-order valence-corrected chi connectivity index (χ2v) is 7.27. The minimum Gasteiger partial charge on any atom is -0.546 e. The van der Waals surface area contributed by atoms with Gasteiger partial charge in [0, 0.05) is 13.3 Å². The van der Waals surface area contributed by atoms with E-state index in [1.807, 2.05) is 10.8 Å². The van der Waals surface area contributed by atoms with Crippen molar-refractivity contribution in [2.75, 3.05) is 0 Å². The summed E-state index contributed by atoms with van der Waals surface area (Å²) in [5.41, 5.74) is 1.14. The molecule has 0 fully saturated rings. The van der Waals surface area contributed by atoms with Crippen molar-refractivity contribution in [1.29, 1.82) is 0 Å². The van der Waals surface area contributed by atoms with Crippen LogP contribution in [0.15, 0.2) is 6.20 Å². The first-order valence-corrected chi connectivity index (χ1v) is 10.4. The fourth-order valence-electron chi connectivity index (χ4n) is 3.58. The first kappa shape index (κ1) is 21.7. The quantitative estimate of drug-likeness (QED) is 0.358. The van der Waals surface area contributed by atoms with Crippen LogP contribution in [0.25, 0.3) is 0 Å². The van der Waals surface area contributed by atoms with Gasteiger partial charge in [-0.3, -0.25) is 0 Å². The molecule has 144 valence electrons. The minimum atomic E-state index is -1.01. The van der Waals surface area contributed by atoms with Gasteiger partial charge in [-0.2, -0.15) is 0 Å². The van der Waals surface area contributed by atoms with Crippen LogP contribution in [0, 0.1) is 6.92 Å². The van der Waals surface area contributed by atoms with Gasteiger partial charge in [0.15, 0.2) is 0 Å². The van der Waals surface area contributed by atoms with Crippen LogP contribution in [0.4, 0.5) is 0 Å². The van der Waals surface area contributed by atoms with Gasteiger partial charge in [-0.15, -0.1) is 0 Å². The molecule has 1 rings (SSSR count). The zero-order valence-electron chi connectivity index (χ0n) is 16.7. The molecule has 25 heavy (non-hydrogen) atoms. The van der Waals surface area contributed by atoms with E-state index in [0.29, 0.717) is 0 Å². The highest BCUT2D eigenvalue weighted by Gasteiger charge is 2.19. The molecule has 0 aliphatic rings. The normalized spacial score (nSPS) is 11.2. The highest BCUT2D eigenvalue weighted by atomic mass is 16.4. The minimum absolute atomic E-state index is 0.0371. The lowest BCUT2D eigenvalue weighted by molar-refractivity contribution is -0.697. The van der Waals surface area contributed by atoms with E-state index in [1.54, 1.807) is 0 Å². The predicted octanol–water partition coefficient (Wildman–Crippen LogP) is 3.71. The molecule has 1 aromatic heterocycles. The average Bonchev–Trinajstić information content (AvgIpc) is 2.84. The molecule has 1 heterocycles. The molecular formula is C21H38N2O2. The number of aromatic nitrogens is 2. The van der Waals surface area contributed by atoms with E-state index in [9.17, 15) is 9.90 Å². The van der Waals surface area contributed by atoms with Crippen molar-refractivity contribution >= 4 is 5.97 Å². The van der Waals surface area contributed by atoms with Gasteiger partial charge in [-0.1, -0.05) is 71.6 Å². The third-order valence-corrected chi connectivity index (χ3v) is 4.91. The molecule has 0 saturated heterocycles. The largest absolute Gasteiger partial charge is 0.546 e. The number of carbonyl (C=O) groups excluding carboxylic acids is 1. The van der Waals surface area contributed by atoms with Gasteiger partial charge in [-0.05, 0) is 12.8 Å². The van der Waals surface area contributed by atoms with Crippen molar-refractivity contribution in [3.05, 3.63) is 17.7 Å². The molecule has 0 spiro atoms. The summed E-state index contributed by atoms with van der Waals surface area (Å²) in [6.45, 7) is 7.40. The monoisotopic (exact) mass is 350 g/mol. The molecule has 0 bridgehead atoms. The summed E-state index contributed by atoms with van der Waals surface area (Å²) in [6, 6.07) is 0. The molecule has 4 nitrogen and oxygen atoms in total. The number of imidazole rings is 1. The number of nitrogens with zero attached hydrogens (tertiary/aromatic N) is 2. The van der Waals surface area contributed by atoms with Crippen molar-refractivity contribution in [3.8, 4) is 0 Å². The Kier molecular flexibility index (Phi) is 11.3. The summed E-state index contributed by atoms with van der Waals surface area (Å²) >= 11 is 0. The third kappa shape index (κ3) is 8.55. The number of hydrogen-bond acceptors (Lipinski definition) is 2. The number of hydrogen-bond donors (Lipinski definition) is 0. The number of aliphatic carboxylic acids is 1. The maximum atomic E-state index is 11.0. The fraction of sp³-hybridized carbons (Fsp3) is 0.810. The van der Waals surface area contributed by atoms with Crippen LogP contribution in [0.5, 0.6) is 0 Å². The molecule has 0 unspecified atom stereocenters. The van der Waals surface area contributed by atoms with Crippen molar-refractivity contribution in [2.45, 2.75) is 111 Å². The zero-order valence-corrected chi connectivity index (χ0v) is 16.7. The van der Waals surface area contributed by atoms with E-state index < -0.39 is 5.97 Å². The van der Waals surface area contributed by atoms with Crippen LogP contribution >= 0.6 is 0 Å².